The largest absolute Gasteiger partial charge is 0.489 e. The molecule has 3 nitrogen and oxygen atoms in total. The number of hydrogen-bond donors (Lipinski definition) is 2. The highest BCUT2D eigenvalue weighted by atomic mass is 16.5. The van der Waals surface area contributed by atoms with E-state index in [4.69, 9.17) is 4.74 Å². The van der Waals surface area contributed by atoms with Crippen molar-refractivity contribution >= 4 is 0 Å². The zero-order valence-corrected chi connectivity index (χ0v) is 14.8. The molecule has 0 spiro atoms. The molecule has 0 heterocycles. The highest BCUT2D eigenvalue weighted by molar-refractivity contribution is 5.37. The molecule has 3 heteroatoms. The van der Waals surface area contributed by atoms with Gasteiger partial charge in [0.1, 0.15) is 12.4 Å². The Kier molecular flexibility index (Phi) is 6.83. The van der Waals surface area contributed by atoms with Gasteiger partial charge in [-0.25, -0.2) is 0 Å². The zero-order valence-electron chi connectivity index (χ0n) is 14.8. The number of aliphatic hydroxyl groups excluding tert-OH is 2. The van der Waals surface area contributed by atoms with Gasteiger partial charge in [-0.2, -0.15) is 0 Å². The summed E-state index contributed by atoms with van der Waals surface area (Å²) in [7, 11) is 0. The summed E-state index contributed by atoms with van der Waals surface area (Å²) in [5.41, 5.74) is 3.51. The maximum atomic E-state index is 9.97. The fraction of sp³-hybridized carbons (Fsp3) is 0.429. The predicted octanol–water partition coefficient (Wildman–Crippen LogP) is 4.20. The number of hydrogen-bond acceptors (Lipinski definition) is 3. The van der Waals surface area contributed by atoms with Gasteiger partial charge in [0.25, 0.3) is 0 Å². The van der Waals surface area contributed by atoms with E-state index in [0.29, 0.717) is 13.0 Å². The Morgan fingerprint density at radius 2 is 1.75 bits per heavy atom. The molecule has 0 amide bonds. The molecule has 2 N–H and O–H groups in total. The minimum atomic E-state index is -0.701. The highest BCUT2D eigenvalue weighted by Crippen LogP contribution is 2.30. The van der Waals surface area contributed by atoms with Crippen molar-refractivity contribution in [2.75, 3.05) is 0 Å². The molecule has 3 unspecified atom stereocenters. The summed E-state index contributed by atoms with van der Waals surface area (Å²) in [5.74, 6) is 1.09. The average Bonchev–Trinajstić information content (AvgIpc) is 2.59. The van der Waals surface area contributed by atoms with E-state index in [1.54, 1.807) is 6.92 Å². The van der Waals surface area contributed by atoms with Gasteiger partial charge in [-0.1, -0.05) is 43.3 Å². The molecule has 0 radical (unpaired) electrons. The molecular weight excluding hydrogens is 300 g/mol. The molecule has 2 rings (SSSR count). The van der Waals surface area contributed by atoms with Gasteiger partial charge < -0.3 is 14.9 Å². The molecule has 0 bridgehead atoms. The van der Waals surface area contributed by atoms with E-state index in [0.717, 1.165) is 23.3 Å². The first-order chi connectivity index (χ1) is 11.5. The van der Waals surface area contributed by atoms with E-state index in [9.17, 15) is 10.2 Å². The lowest BCUT2D eigenvalue weighted by Gasteiger charge is -2.23. The van der Waals surface area contributed by atoms with Gasteiger partial charge in [0.2, 0.25) is 0 Å². The van der Waals surface area contributed by atoms with E-state index in [2.05, 4.69) is 26.0 Å². The normalized spacial score (nSPS) is 14.9. The van der Waals surface area contributed by atoms with Crippen LogP contribution in [0.5, 0.6) is 5.75 Å². The lowest BCUT2D eigenvalue weighted by atomic mass is 9.87. The summed E-state index contributed by atoms with van der Waals surface area (Å²) in [5, 5.41) is 19.5. The quantitative estimate of drug-likeness (QED) is 0.763. The Hall–Kier alpha value is -1.84. The SMILES string of the molecule is CCC(CC(O)C(C)O)c1ccc(OCc2ccccc2)cc1C. The van der Waals surface area contributed by atoms with Crippen LogP contribution >= 0.6 is 0 Å². The minimum absolute atomic E-state index is 0.234. The van der Waals surface area contributed by atoms with Crippen LogP contribution in [-0.4, -0.2) is 22.4 Å². The van der Waals surface area contributed by atoms with Crippen molar-refractivity contribution in [3.05, 3.63) is 65.2 Å². The molecular formula is C21H28O3. The number of aryl methyl sites for hydroxylation is 1. The van der Waals surface area contributed by atoms with Crippen LogP contribution in [0.3, 0.4) is 0 Å². The topological polar surface area (TPSA) is 49.7 Å². The molecule has 2 aromatic rings. The maximum absolute atomic E-state index is 9.97. The van der Waals surface area contributed by atoms with Gasteiger partial charge in [0.05, 0.1) is 12.2 Å². The van der Waals surface area contributed by atoms with Crippen molar-refractivity contribution in [1.29, 1.82) is 0 Å². The molecule has 0 aliphatic heterocycles. The van der Waals surface area contributed by atoms with Crippen LogP contribution < -0.4 is 4.74 Å². The van der Waals surface area contributed by atoms with E-state index in [1.165, 1.54) is 5.56 Å². The monoisotopic (exact) mass is 328 g/mol. The first-order valence-electron chi connectivity index (χ1n) is 8.64. The first kappa shape index (κ1) is 18.5. The molecule has 0 saturated carbocycles. The third-order valence-corrected chi connectivity index (χ3v) is 4.51. The molecule has 0 aliphatic rings. The Bertz CT molecular complexity index is 622. The van der Waals surface area contributed by atoms with Gasteiger partial charge >= 0.3 is 0 Å². The third kappa shape index (κ3) is 5.08. The van der Waals surface area contributed by atoms with Crippen molar-refractivity contribution in [3.8, 4) is 5.75 Å². The standard InChI is InChI=1S/C21H28O3/c1-4-18(13-21(23)16(3)22)20-11-10-19(12-15(20)2)24-14-17-8-6-5-7-9-17/h5-12,16,18,21-23H,4,13-14H2,1-3H3. The number of aliphatic hydroxyl groups is 2. The van der Waals surface area contributed by atoms with Gasteiger partial charge in [0, 0.05) is 0 Å². The molecule has 0 aliphatic carbocycles. The lowest BCUT2D eigenvalue weighted by Crippen LogP contribution is -2.24. The summed E-state index contributed by atoms with van der Waals surface area (Å²) in [6, 6.07) is 16.2. The summed E-state index contributed by atoms with van der Waals surface area (Å²) in [6.45, 7) is 6.36. The van der Waals surface area contributed by atoms with Crippen LogP contribution in [0.1, 0.15) is 49.3 Å². The predicted molar refractivity (Wildman–Crippen MR) is 97.3 cm³/mol. The molecule has 24 heavy (non-hydrogen) atoms. The van der Waals surface area contributed by atoms with Crippen LogP contribution in [0.25, 0.3) is 0 Å². The third-order valence-electron chi connectivity index (χ3n) is 4.51. The van der Waals surface area contributed by atoms with E-state index >= 15 is 0 Å². The first-order valence-corrected chi connectivity index (χ1v) is 8.64. The Morgan fingerprint density at radius 3 is 2.33 bits per heavy atom. The van der Waals surface area contributed by atoms with Crippen molar-refractivity contribution in [2.24, 2.45) is 0 Å². The second kappa shape index (κ2) is 8.86. The van der Waals surface area contributed by atoms with Crippen LogP contribution in [0.15, 0.2) is 48.5 Å². The van der Waals surface area contributed by atoms with E-state index in [-0.39, 0.29) is 5.92 Å². The molecule has 130 valence electrons. The van der Waals surface area contributed by atoms with Crippen molar-refractivity contribution in [2.45, 2.75) is 58.3 Å². The summed E-state index contributed by atoms with van der Waals surface area (Å²) >= 11 is 0. The number of benzene rings is 2. The smallest absolute Gasteiger partial charge is 0.120 e. The molecule has 0 fully saturated rings. The summed E-state index contributed by atoms with van der Waals surface area (Å²) in [4.78, 5) is 0. The second-order valence-electron chi connectivity index (χ2n) is 6.44. The van der Waals surface area contributed by atoms with Crippen LogP contribution in [0.4, 0.5) is 0 Å². The molecule has 2 aromatic carbocycles. The maximum Gasteiger partial charge on any atom is 0.120 e. The fourth-order valence-corrected chi connectivity index (χ4v) is 2.94. The van der Waals surface area contributed by atoms with Crippen molar-refractivity contribution < 1.29 is 14.9 Å². The number of ether oxygens (including phenoxy) is 1. The van der Waals surface area contributed by atoms with Crippen LogP contribution in [0.2, 0.25) is 0 Å². The Balaban J connectivity index is 2.05. The summed E-state index contributed by atoms with van der Waals surface area (Å²) in [6.07, 6.45) is 0.102. The van der Waals surface area contributed by atoms with Crippen molar-refractivity contribution in [3.63, 3.8) is 0 Å². The van der Waals surface area contributed by atoms with Gasteiger partial charge in [-0.15, -0.1) is 0 Å². The lowest BCUT2D eigenvalue weighted by molar-refractivity contribution is 0.0214. The minimum Gasteiger partial charge on any atom is -0.489 e. The second-order valence-corrected chi connectivity index (χ2v) is 6.44. The zero-order chi connectivity index (χ0) is 17.5. The number of rotatable bonds is 8. The van der Waals surface area contributed by atoms with Crippen LogP contribution in [0, 0.1) is 6.92 Å². The average molecular weight is 328 g/mol. The van der Waals surface area contributed by atoms with E-state index < -0.39 is 12.2 Å². The molecule has 0 aromatic heterocycles. The van der Waals surface area contributed by atoms with Gasteiger partial charge in [0.15, 0.2) is 0 Å². The van der Waals surface area contributed by atoms with Gasteiger partial charge in [-0.05, 0) is 61.4 Å². The fourth-order valence-electron chi connectivity index (χ4n) is 2.94. The Morgan fingerprint density at radius 1 is 1.04 bits per heavy atom. The highest BCUT2D eigenvalue weighted by Gasteiger charge is 2.20. The van der Waals surface area contributed by atoms with Crippen molar-refractivity contribution in [1.82, 2.24) is 0 Å². The molecule has 3 atom stereocenters. The van der Waals surface area contributed by atoms with E-state index in [1.807, 2.05) is 36.4 Å². The van der Waals surface area contributed by atoms with Gasteiger partial charge in [-0.3, -0.25) is 0 Å². The Labute approximate surface area is 144 Å². The molecule has 0 saturated heterocycles. The summed E-state index contributed by atoms with van der Waals surface area (Å²) < 4.78 is 5.87. The van der Waals surface area contributed by atoms with Crippen LogP contribution in [-0.2, 0) is 6.61 Å².